The third-order valence-corrected chi connectivity index (χ3v) is 3.77. The van der Waals surface area contributed by atoms with Crippen LogP contribution in [-0.2, 0) is 6.42 Å². The monoisotopic (exact) mass is 233 g/mol. The molecule has 0 aliphatic heterocycles. The van der Waals surface area contributed by atoms with E-state index in [0.29, 0.717) is 0 Å². The smallest absolute Gasteiger partial charge is 0.00971 e. The van der Waals surface area contributed by atoms with Crippen LogP contribution in [0.25, 0.3) is 0 Å². The Hall–Kier alpha value is -0.820. The molecule has 0 radical (unpaired) electrons. The Morgan fingerprint density at radius 3 is 1.88 bits per heavy atom. The van der Waals surface area contributed by atoms with Gasteiger partial charge in [0.1, 0.15) is 0 Å². The second-order valence-electron chi connectivity index (χ2n) is 6.08. The predicted octanol–water partition coefficient (Wildman–Crippen LogP) is 3.98. The van der Waals surface area contributed by atoms with Gasteiger partial charge in [-0.15, -0.1) is 0 Å². The highest BCUT2D eigenvalue weighted by atomic mass is 14.7. The van der Waals surface area contributed by atoms with Crippen LogP contribution in [-0.4, -0.2) is 5.54 Å². The number of benzene rings is 1. The first-order valence-corrected chi connectivity index (χ1v) is 6.57. The second kappa shape index (κ2) is 5.22. The average Bonchev–Trinajstić information content (AvgIpc) is 2.19. The minimum atomic E-state index is -0.0410. The van der Waals surface area contributed by atoms with Crippen molar-refractivity contribution in [3.8, 4) is 0 Å². The first-order chi connectivity index (χ1) is 7.72. The van der Waals surface area contributed by atoms with Crippen LogP contribution in [0.15, 0.2) is 6.07 Å². The van der Waals surface area contributed by atoms with Crippen LogP contribution >= 0.6 is 0 Å². The van der Waals surface area contributed by atoms with Gasteiger partial charge in [0.05, 0.1) is 0 Å². The maximum atomic E-state index is 6.04. The van der Waals surface area contributed by atoms with Crippen molar-refractivity contribution >= 4 is 0 Å². The molecule has 1 aromatic rings. The highest BCUT2D eigenvalue weighted by Crippen LogP contribution is 2.24. The molecular formula is C16H27N. The van der Waals surface area contributed by atoms with Gasteiger partial charge in [0, 0.05) is 5.54 Å². The summed E-state index contributed by atoms with van der Waals surface area (Å²) in [6.07, 6.45) is 3.41. The molecule has 0 atom stereocenters. The third kappa shape index (κ3) is 3.85. The fourth-order valence-corrected chi connectivity index (χ4v) is 2.39. The topological polar surface area (TPSA) is 26.0 Å². The zero-order chi connectivity index (χ0) is 13.2. The molecule has 1 heteroatoms. The molecule has 1 rings (SSSR count). The highest BCUT2D eigenvalue weighted by molar-refractivity contribution is 5.44. The van der Waals surface area contributed by atoms with Crippen LogP contribution in [0.4, 0.5) is 0 Å². The Morgan fingerprint density at radius 2 is 1.47 bits per heavy atom. The maximum Gasteiger partial charge on any atom is 0.00971 e. The lowest BCUT2D eigenvalue weighted by molar-refractivity contribution is 0.458. The fourth-order valence-electron chi connectivity index (χ4n) is 2.39. The lowest BCUT2D eigenvalue weighted by Crippen LogP contribution is -2.31. The van der Waals surface area contributed by atoms with Crippen molar-refractivity contribution in [3.63, 3.8) is 0 Å². The molecule has 0 heterocycles. The number of aryl methyl sites for hydroxylation is 2. The molecule has 1 nitrogen and oxygen atoms in total. The average molecular weight is 233 g/mol. The molecule has 0 bridgehead atoms. The Bertz CT molecular complexity index is 371. The number of hydrogen-bond donors (Lipinski definition) is 1. The minimum absolute atomic E-state index is 0.0410. The van der Waals surface area contributed by atoms with Crippen molar-refractivity contribution in [2.24, 2.45) is 5.73 Å². The van der Waals surface area contributed by atoms with Gasteiger partial charge >= 0.3 is 0 Å². The van der Waals surface area contributed by atoms with Crippen LogP contribution in [0.1, 0.15) is 54.5 Å². The molecule has 0 aliphatic rings. The zero-order valence-electron chi connectivity index (χ0n) is 12.3. The Morgan fingerprint density at radius 1 is 1.00 bits per heavy atom. The number of hydrogen-bond acceptors (Lipinski definition) is 1. The van der Waals surface area contributed by atoms with Crippen molar-refractivity contribution in [3.05, 3.63) is 33.9 Å². The highest BCUT2D eigenvalue weighted by Gasteiger charge is 2.12. The molecule has 0 saturated carbocycles. The van der Waals surface area contributed by atoms with Gasteiger partial charge in [-0.1, -0.05) is 6.07 Å². The van der Waals surface area contributed by atoms with Crippen LogP contribution in [0.3, 0.4) is 0 Å². The first-order valence-electron chi connectivity index (χ1n) is 6.57. The summed E-state index contributed by atoms with van der Waals surface area (Å²) in [6.45, 7) is 13.1. The van der Waals surface area contributed by atoms with Crippen molar-refractivity contribution in [2.45, 2.75) is 66.3 Å². The predicted molar refractivity (Wildman–Crippen MR) is 76.6 cm³/mol. The molecule has 0 fully saturated rings. The molecule has 0 aliphatic carbocycles. The number of nitrogens with two attached hydrogens (primary N) is 1. The molecular weight excluding hydrogens is 206 g/mol. The molecule has 0 saturated heterocycles. The minimum Gasteiger partial charge on any atom is -0.326 e. The van der Waals surface area contributed by atoms with Gasteiger partial charge in [0.25, 0.3) is 0 Å². The van der Waals surface area contributed by atoms with Gasteiger partial charge in [-0.3, -0.25) is 0 Å². The summed E-state index contributed by atoms with van der Waals surface area (Å²) in [5, 5.41) is 0. The van der Waals surface area contributed by atoms with Crippen molar-refractivity contribution in [2.75, 3.05) is 0 Å². The Kier molecular flexibility index (Phi) is 4.37. The Balaban J connectivity index is 2.84. The van der Waals surface area contributed by atoms with Gasteiger partial charge in [-0.25, -0.2) is 0 Å². The third-order valence-electron chi connectivity index (χ3n) is 3.77. The van der Waals surface area contributed by atoms with E-state index in [2.05, 4.69) is 47.6 Å². The summed E-state index contributed by atoms with van der Waals surface area (Å²) in [4.78, 5) is 0. The fraction of sp³-hybridized carbons (Fsp3) is 0.625. The first kappa shape index (κ1) is 14.2. The van der Waals surface area contributed by atoms with E-state index in [1.165, 1.54) is 34.2 Å². The summed E-state index contributed by atoms with van der Waals surface area (Å²) in [5.74, 6) is 0. The van der Waals surface area contributed by atoms with E-state index in [0.717, 1.165) is 12.8 Å². The van der Waals surface area contributed by atoms with E-state index in [1.54, 1.807) is 0 Å². The molecule has 2 N–H and O–H groups in total. The van der Waals surface area contributed by atoms with Crippen LogP contribution in [0.2, 0.25) is 0 Å². The largest absolute Gasteiger partial charge is 0.326 e. The molecule has 0 spiro atoms. The van der Waals surface area contributed by atoms with Crippen LogP contribution < -0.4 is 5.73 Å². The summed E-state index contributed by atoms with van der Waals surface area (Å²) < 4.78 is 0. The quantitative estimate of drug-likeness (QED) is 0.836. The Labute approximate surface area is 106 Å². The molecule has 0 amide bonds. The van der Waals surface area contributed by atoms with E-state index in [1.807, 2.05) is 0 Å². The van der Waals surface area contributed by atoms with Gasteiger partial charge < -0.3 is 5.73 Å². The zero-order valence-corrected chi connectivity index (χ0v) is 12.3. The second-order valence-corrected chi connectivity index (χ2v) is 6.08. The van der Waals surface area contributed by atoms with Gasteiger partial charge in [0.2, 0.25) is 0 Å². The van der Waals surface area contributed by atoms with Crippen molar-refractivity contribution < 1.29 is 0 Å². The SMILES string of the molecule is Cc1cc(C)c(C)c(CCCC(C)(C)N)c1C. The molecule has 1 aromatic carbocycles. The van der Waals surface area contributed by atoms with Gasteiger partial charge in [0.15, 0.2) is 0 Å². The summed E-state index contributed by atoms with van der Waals surface area (Å²) in [7, 11) is 0. The van der Waals surface area contributed by atoms with E-state index in [4.69, 9.17) is 5.73 Å². The lowest BCUT2D eigenvalue weighted by atomic mass is 9.89. The normalized spacial score (nSPS) is 11.9. The standard InChI is InChI=1S/C16H27N/c1-11-10-12(2)14(4)15(13(11)3)8-7-9-16(5,6)17/h10H,7-9,17H2,1-6H3. The van der Waals surface area contributed by atoms with E-state index in [-0.39, 0.29) is 5.54 Å². The van der Waals surface area contributed by atoms with Crippen molar-refractivity contribution in [1.29, 1.82) is 0 Å². The molecule has 96 valence electrons. The molecule has 0 aromatic heterocycles. The van der Waals surface area contributed by atoms with Crippen molar-refractivity contribution in [1.82, 2.24) is 0 Å². The van der Waals surface area contributed by atoms with Crippen LogP contribution in [0.5, 0.6) is 0 Å². The van der Waals surface area contributed by atoms with Crippen LogP contribution in [0, 0.1) is 27.7 Å². The van der Waals surface area contributed by atoms with Gasteiger partial charge in [-0.05, 0) is 88.6 Å². The maximum absolute atomic E-state index is 6.04. The molecule has 0 unspecified atom stereocenters. The molecule has 17 heavy (non-hydrogen) atoms. The summed E-state index contributed by atoms with van der Waals surface area (Å²) in [6, 6.07) is 2.29. The van der Waals surface area contributed by atoms with E-state index in [9.17, 15) is 0 Å². The summed E-state index contributed by atoms with van der Waals surface area (Å²) in [5.41, 5.74) is 13.3. The van der Waals surface area contributed by atoms with Gasteiger partial charge in [-0.2, -0.15) is 0 Å². The summed E-state index contributed by atoms with van der Waals surface area (Å²) >= 11 is 0. The lowest BCUT2D eigenvalue weighted by Gasteiger charge is -2.20. The van der Waals surface area contributed by atoms with E-state index < -0.39 is 0 Å². The van der Waals surface area contributed by atoms with E-state index >= 15 is 0 Å². The number of rotatable bonds is 4.